The van der Waals surface area contributed by atoms with E-state index < -0.39 is 22.0 Å². The standard InChI is InChI=1S/C18H21NO3.C17H22N2O3/c1-10-5-6-18(21)13-9-11-3-4-12(20)15-14(11)17(18,16(10)22-15)7-8-19(13)2;1-19-7-6-16-13-9-2-3-11(20)14(13)22-15(16)10(18)4-5-17(16,21)12(19)8-9/h3-4,13,16,20-21H,1,5-9H2,2H3;2-3,10,12,15,20-21H,4-8,18H2,1H3/t13?,16-,17-,18+;10?,12?,15-,16-,17+/m00/s1. The van der Waals surface area contributed by atoms with Gasteiger partial charge in [-0.3, -0.25) is 0 Å². The quantitative estimate of drug-likeness (QED) is 0.289. The Morgan fingerprint density at radius 1 is 0.795 bits per heavy atom. The summed E-state index contributed by atoms with van der Waals surface area (Å²) in [5.74, 6) is 1.53. The van der Waals surface area contributed by atoms with E-state index in [1.165, 1.54) is 11.1 Å². The second kappa shape index (κ2) is 8.50. The van der Waals surface area contributed by atoms with Gasteiger partial charge in [0.15, 0.2) is 23.0 Å². The molecule has 4 heterocycles. The van der Waals surface area contributed by atoms with Crippen LogP contribution < -0.4 is 15.2 Å². The number of nitrogens with two attached hydrogens (primary N) is 1. The molecule has 2 saturated heterocycles. The molecule has 2 aromatic carbocycles. The van der Waals surface area contributed by atoms with Crippen LogP contribution in [0.15, 0.2) is 36.4 Å². The molecule has 4 aliphatic heterocycles. The Morgan fingerprint density at radius 3 is 1.98 bits per heavy atom. The van der Waals surface area contributed by atoms with Crippen molar-refractivity contribution in [1.29, 1.82) is 0 Å². The summed E-state index contributed by atoms with van der Waals surface area (Å²) in [6, 6.07) is 7.56. The molecule has 9 heteroatoms. The summed E-state index contributed by atoms with van der Waals surface area (Å²) in [5.41, 5.74) is 9.45. The lowest BCUT2D eigenvalue weighted by Crippen LogP contribution is -2.77. The SMILES string of the molecule is C=C1CC[C@@]2(O)C3Cc4ccc(O)c5c4[C@@]2(CCN3C)[C@H]1O5.CN1CC[C@]23c4c5ccc(O)c4O[C@H]2C(N)CC[C@@]3(O)C1C5. The van der Waals surface area contributed by atoms with E-state index in [1.807, 2.05) is 12.1 Å². The lowest BCUT2D eigenvalue weighted by molar-refractivity contribution is -0.184. The number of phenolic OH excluding ortho intramolecular Hbond substituents is 2. The van der Waals surface area contributed by atoms with Gasteiger partial charge in [-0.05, 0) is 107 Å². The van der Waals surface area contributed by atoms with E-state index >= 15 is 0 Å². The van der Waals surface area contributed by atoms with E-state index in [0.29, 0.717) is 17.9 Å². The van der Waals surface area contributed by atoms with Crippen molar-refractivity contribution in [3.8, 4) is 23.0 Å². The van der Waals surface area contributed by atoms with Crippen molar-refractivity contribution < 1.29 is 29.9 Å². The second-order valence-electron chi connectivity index (χ2n) is 15.0. The number of phenols is 2. The Hall–Kier alpha value is -2.82. The van der Waals surface area contributed by atoms with E-state index in [9.17, 15) is 20.4 Å². The topological polar surface area (TPSA) is 132 Å². The monoisotopic (exact) mass is 601 g/mol. The Balaban J connectivity index is 0.000000123. The molecule has 0 radical (unpaired) electrons. The van der Waals surface area contributed by atoms with E-state index in [1.54, 1.807) is 12.1 Å². The first-order valence-corrected chi connectivity index (χ1v) is 16.3. The van der Waals surface area contributed by atoms with Crippen LogP contribution in [0.4, 0.5) is 0 Å². The lowest BCUT2D eigenvalue weighted by atomic mass is 9.48. The van der Waals surface area contributed by atoms with Crippen LogP contribution in [0.2, 0.25) is 0 Å². The number of nitrogens with zero attached hydrogens (tertiary/aromatic N) is 2. The van der Waals surface area contributed by atoms with Crippen molar-refractivity contribution >= 4 is 0 Å². The highest BCUT2D eigenvalue weighted by Gasteiger charge is 2.73. The number of aromatic hydroxyl groups is 2. The molecule has 0 amide bonds. The molecule has 2 spiro atoms. The molecule has 8 aliphatic rings. The minimum Gasteiger partial charge on any atom is -0.504 e. The zero-order valence-electron chi connectivity index (χ0n) is 25.6. The van der Waals surface area contributed by atoms with Crippen LogP contribution in [0.25, 0.3) is 0 Å². The smallest absolute Gasteiger partial charge is 0.166 e. The number of hydrogen-bond acceptors (Lipinski definition) is 9. The van der Waals surface area contributed by atoms with Crippen LogP contribution in [0.5, 0.6) is 23.0 Å². The van der Waals surface area contributed by atoms with Gasteiger partial charge in [-0.25, -0.2) is 0 Å². The molecule has 0 aromatic heterocycles. The minimum absolute atomic E-state index is 0.0953. The van der Waals surface area contributed by atoms with Gasteiger partial charge in [0.2, 0.25) is 0 Å². The number of aliphatic hydroxyl groups is 2. The van der Waals surface area contributed by atoms with Crippen molar-refractivity contribution in [2.24, 2.45) is 5.73 Å². The molecular formula is C35H43N3O6. The highest BCUT2D eigenvalue weighted by Crippen LogP contribution is 2.67. The summed E-state index contributed by atoms with van der Waals surface area (Å²) in [7, 11) is 4.21. The predicted octanol–water partition coefficient (Wildman–Crippen LogP) is 2.24. The van der Waals surface area contributed by atoms with Crippen molar-refractivity contribution in [1.82, 2.24) is 9.80 Å². The second-order valence-corrected chi connectivity index (χ2v) is 15.0. The van der Waals surface area contributed by atoms with Gasteiger partial charge < -0.3 is 45.4 Å². The first-order valence-electron chi connectivity index (χ1n) is 16.3. The number of rotatable bonds is 0. The maximum absolute atomic E-state index is 11.7. The molecule has 4 aliphatic carbocycles. The summed E-state index contributed by atoms with van der Waals surface area (Å²) in [6.07, 6.45) is 5.86. The van der Waals surface area contributed by atoms with Gasteiger partial charge >= 0.3 is 0 Å². The third-order valence-corrected chi connectivity index (χ3v) is 13.5. The molecular weight excluding hydrogens is 558 g/mol. The number of benzene rings is 2. The number of likely N-dealkylation sites (tertiary alicyclic amines) is 2. The molecule has 4 fully saturated rings. The lowest BCUT2D eigenvalue weighted by Gasteiger charge is -2.63. The third kappa shape index (κ3) is 2.87. The molecule has 6 N–H and O–H groups in total. The molecule has 44 heavy (non-hydrogen) atoms. The van der Waals surface area contributed by atoms with E-state index in [0.717, 1.165) is 74.7 Å². The van der Waals surface area contributed by atoms with Crippen molar-refractivity contribution in [2.75, 3.05) is 27.2 Å². The first-order chi connectivity index (χ1) is 21.0. The summed E-state index contributed by atoms with van der Waals surface area (Å²) in [4.78, 5) is 4.58. The molecule has 9 atom stereocenters. The zero-order chi connectivity index (χ0) is 30.6. The highest BCUT2D eigenvalue weighted by atomic mass is 16.5. The average molecular weight is 602 g/mol. The van der Waals surface area contributed by atoms with Crippen molar-refractivity contribution in [3.63, 3.8) is 0 Å². The fourth-order valence-corrected chi connectivity index (χ4v) is 11.5. The minimum atomic E-state index is -0.813. The Kier molecular flexibility index (Phi) is 5.31. The summed E-state index contributed by atoms with van der Waals surface area (Å²) in [5, 5.41) is 44.0. The van der Waals surface area contributed by atoms with Crippen LogP contribution in [0, 0.1) is 0 Å². The fourth-order valence-electron chi connectivity index (χ4n) is 11.5. The Bertz CT molecular complexity index is 1630. The Morgan fingerprint density at radius 2 is 1.34 bits per heavy atom. The fraction of sp³-hybridized carbons (Fsp3) is 0.600. The molecule has 9 nitrogen and oxygen atoms in total. The van der Waals surface area contributed by atoms with Crippen molar-refractivity contribution in [2.45, 2.75) is 104 Å². The number of piperidine rings is 2. The van der Waals surface area contributed by atoms with Crippen LogP contribution in [-0.4, -0.2) is 98.9 Å². The van der Waals surface area contributed by atoms with Gasteiger partial charge in [-0.2, -0.15) is 0 Å². The molecule has 2 aromatic rings. The summed E-state index contributed by atoms with van der Waals surface area (Å²) in [6.45, 7) is 6.08. The van der Waals surface area contributed by atoms with Crippen LogP contribution in [-0.2, 0) is 23.7 Å². The first kappa shape index (κ1) is 27.5. The number of likely N-dealkylation sites (N-methyl/N-ethyl adjacent to an activating group) is 2. The van der Waals surface area contributed by atoms with E-state index in [2.05, 4.69) is 30.5 Å². The molecule has 3 unspecified atom stereocenters. The largest absolute Gasteiger partial charge is 0.504 e. The highest BCUT2D eigenvalue weighted by molar-refractivity contribution is 5.64. The summed E-state index contributed by atoms with van der Waals surface area (Å²) >= 11 is 0. The molecule has 234 valence electrons. The van der Waals surface area contributed by atoms with Crippen LogP contribution in [0.1, 0.15) is 60.8 Å². The van der Waals surface area contributed by atoms with Crippen LogP contribution >= 0.6 is 0 Å². The third-order valence-electron chi connectivity index (χ3n) is 13.5. The van der Waals surface area contributed by atoms with Gasteiger partial charge in [0.1, 0.15) is 12.2 Å². The van der Waals surface area contributed by atoms with E-state index in [-0.39, 0.29) is 41.8 Å². The molecule has 10 rings (SSSR count). The van der Waals surface area contributed by atoms with Crippen LogP contribution in [0.3, 0.4) is 0 Å². The van der Waals surface area contributed by atoms with Gasteiger partial charge in [0, 0.05) is 29.3 Å². The zero-order valence-corrected chi connectivity index (χ0v) is 25.6. The van der Waals surface area contributed by atoms with Gasteiger partial charge in [-0.1, -0.05) is 18.7 Å². The normalized spacial score (nSPS) is 43.7. The van der Waals surface area contributed by atoms with E-state index in [4.69, 9.17) is 15.2 Å². The van der Waals surface area contributed by atoms with Gasteiger partial charge in [0.25, 0.3) is 0 Å². The molecule has 2 saturated carbocycles. The summed E-state index contributed by atoms with van der Waals surface area (Å²) < 4.78 is 12.4. The number of hydrogen-bond donors (Lipinski definition) is 5. The average Bonchev–Trinajstić information content (AvgIpc) is 3.55. The van der Waals surface area contributed by atoms with Gasteiger partial charge in [-0.15, -0.1) is 0 Å². The predicted molar refractivity (Wildman–Crippen MR) is 163 cm³/mol. The number of ether oxygens (including phenoxy) is 2. The maximum atomic E-state index is 11.7. The Labute approximate surface area is 257 Å². The molecule has 4 bridgehead atoms. The maximum Gasteiger partial charge on any atom is 0.166 e. The van der Waals surface area contributed by atoms with Crippen molar-refractivity contribution in [3.05, 3.63) is 58.7 Å². The van der Waals surface area contributed by atoms with Gasteiger partial charge in [0.05, 0.1) is 22.0 Å².